The third-order valence-corrected chi connectivity index (χ3v) is 2.92. The van der Waals surface area contributed by atoms with Gasteiger partial charge in [-0.05, 0) is 23.1 Å². The standard InChI is InChI=1S/C13H16N2O2/c1-13(2,3)8-5-6-10-9(7-8)11(12(16)17)14-15(10)4/h5-7H,1-4H3,(H,16,17). The molecule has 0 aliphatic heterocycles. The molecule has 0 fully saturated rings. The van der Waals surface area contributed by atoms with E-state index < -0.39 is 5.97 Å². The molecule has 0 radical (unpaired) electrons. The van der Waals surface area contributed by atoms with Gasteiger partial charge >= 0.3 is 5.97 Å². The Labute approximate surface area is 99.9 Å². The van der Waals surface area contributed by atoms with Gasteiger partial charge in [0.15, 0.2) is 5.69 Å². The minimum Gasteiger partial charge on any atom is -0.476 e. The molecule has 17 heavy (non-hydrogen) atoms. The number of hydrogen-bond acceptors (Lipinski definition) is 2. The zero-order valence-electron chi connectivity index (χ0n) is 10.5. The number of rotatable bonds is 1. The van der Waals surface area contributed by atoms with Crippen LogP contribution in [0.5, 0.6) is 0 Å². The van der Waals surface area contributed by atoms with Gasteiger partial charge < -0.3 is 5.11 Å². The van der Waals surface area contributed by atoms with E-state index in [4.69, 9.17) is 5.11 Å². The highest BCUT2D eigenvalue weighted by Crippen LogP contribution is 2.27. The van der Waals surface area contributed by atoms with Gasteiger partial charge in [0, 0.05) is 12.4 Å². The predicted octanol–water partition coefficient (Wildman–Crippen LogP) is 2.57. The second kappa shape index (κ2) is 3.58. The molecule has 0 atom stereocenters. The molecule has 1 heterocycles. The van der Waals surface area contributed by atoms with Crippen molar-refractivity contribution in [2.75, 3.05) is 0 Å². The van der Waals surface area contributed by atoms with Crippen molar-refractivity contribution in [3.05, 3.63) is 29.5 Å². The molecule has 1 aromatic carbocycles. The Balaban J connectivity index is 2.75. The van der Waals surface area contributed by atoms with Crippen LogP contribution in [0.25, 0.3) is 10.9 Å². The van der Waals surface area contributed by atoms with Crippen molar-refractivity contribution < 1.29 is 9.90 Å². The first kappa shape index (κ1) is 11.6. The summed E-state index contributed by atoms with van der Waals surface area (Å²) in [5, 5.41) is 13.8. The average molecular weight is 232 g/mol. The van der Waals surface area contributed by atoms with Gasteiger partial charge in [0.2, 0.25) is 0 Å². The summed E-state index contributed by atoms with van der Waals surface area (Å²) in [6.45, 7) is 6.31. The lowest BCUT2D eigenvalue weighted by Gasteiger charge is -2.18. The number of carboxylic acids is 1. The zero-order chi connectivity index (χ0) is 12.8. The van der Waals surface area contributed by atoms with Crippen molar-refractivity contribution in [2.45, 2.75) is 26.2 Å². The lowest BCUT2D eigenvalue weighted by atomic mass is 9.86. The molecule has 0 saturated carbocycles. The minimum atomic E-state index is -0.985. The van der Waals surface area contributed by atoms with Crippen molar-refractivity contribution in [3.8, 4) is 0 Å². The molecule has 4 heteroatoms. The highest BCUT2D eigenvalue weighted by Gasteiger charge is 2.19. The monoisotopic (exact) mass is 232 g/mol. The molecule has 1 aromatic heterocycles. The van der Waals surface area contributed by atoms with Gasteiger partial charge in [0.1, 0.15) is 0 Å². The van der Waals surface area contributed by atoms with Crippen LogP contribution < -0.4 is 0 Å². The van der Waals surface area contributed by atoms with Gasteiger partial charge in [-0.2, -0.15) is 5.10 Å². The Morgan fingerprint density at radius 3 is 2.53 bits per heavy atom. The number of nitrogens with zero attached hydrogens (tertiary/aromatic N) is 2. The van der Waals surface area contributed by atoms with Crippen LogP contribution >= 0.6 is 0 Å². The topological polar surface area (TPSA) is 55.1 Å². The molecule has 0 saturated heterocycles. The summed E-state index contributed by atoms with van der Waals surface area (Å²) in [7, 11) is 1.76. The quantitative estimate of drug-likeness (QED) is 0.822. The van der Waals surface area contributed by atoms with Crippen LogP contribution in [0.15, 0.2) is 18.2 Å². The van der Waals surface area contributed by atoms with Crippen molar-refractivity contribution in [1.82, 2.24) is 9.78 Å². The molecule has 0 aliphatic rings. The van der Waals surface area contributed by atoms with Crippen LogP contribution in [0.3, 0.4) is 0 Å². The van der Waals surface area contributed by atoms with Gasteiger partial charge in [0.25, 0.3) is 0 Å². The number of fused-ring (bicyclic) bond motifs is 1. The predicted molar refractivity (Wildman–Crippen MR) is 66.4 cm³/mol. The zero-order valence-corrected chi connectivity index (χ0v) is 10.5. The maximum absolute atomic E-state index is 11.1. The SMILES string of the molecule is Cn1nc(C(=O)O)c2cc(C(C)(C)C)ccc21. The number of benzene rings is 1. The second-order valence-corrected chi connectivity index (χ2v) is 5.26. The molecular weight excluding hydrogens is 216 g/mol. The van der Waals surface area contributed by atoms with Gasteiger partial charge in [-0.1, -0.05) is 26.8 Å². The molecule has 1 N–H and O–H groups in total. The lowest BCUT2D eigenvalue weighted by Crippen LogP contribution is -2.10. The summed E-state index contributed by atoms with van der Waals surface area (Å²) in [4.78, 5) is 11.1. The van der Waals surface area contributed by atoms with E-state index in [0.717, 1.165) is 11.1 Å². The van der Waals surface area contributed by atoms with E-state index in [9.17, 15) is 4.79 Å². The molecule has 0 aliphatic carbocycles. The van der Waals surface area contributed by atoms with Crippen LogP contribution in [0, 0.1) is 0 Å². The van der Waals surface area contributed by atoms with Crippen LogP contribution in [0.2, 0.25) is 0 Å². The number of aryl methyl sites for hydroxylation is 1. The Bertz CT molecular complexity index is 591. The fraction of sp³-hybridized carbons (Fsp3) is 0.385. The van der Waals surface area contributed by atoms with Crippen LogP contribution in [-0.4, -0.2) is 20.9 Å². The lowest BCUT2D eigenvalue weighted by molar-refractivity contribution is 0.0691. The average Bonchev–Trinajstić information content (AvgIpc) is 2.54. The Kier molecular flexibility index (Phi) is 2.45. The minimum absolute atomic E-state index is 0.000194. The van der Waals surface area contributed by atoms with Crippen LogP contribution in [0.1, 0.15) is 36.8 Å². The van der Waals surface area contributed by atoms with Crippen molar-refractivity contribution >= 4 is 16.9 Å². The largest absolute Gasteiger partial charge is 0.476 e. The molecule has 4 nitrogen and oxygen atoms in total. The molecule has 0 bridgehead atoms. The van der Waals surface area contributed by atoms with E-state index in [2.05, 4.69) is 25.9 Å². The third kappa shape index (κ3) is 1.90. The first-order valence-corrected chi connectivity index (χ1v) is 5.51. The molecule has 0 unspecified atom stereocenters. The fourth-order valence-electron chi connectivity index (χ4n) is 1.89. The Hall–Kier alpha value is -1.84. The normalized spacial score (nSPS) is 12.0. The smallest absolute Gasteiger partial charge is 0.357 e. The summed E-state index contributed by atoms with van der Waals surface area (Å²) >= 11 is 0. The fourth-order valence-corrected chi connectivity index (χ4v) is 1.89. The van der Waals surface area contributed by atoms with E-state index in [-0.39, 0.29) is 11.1 Å². The van der Waals surface area contributed by atoms with E-state index in [1.54, 1.807) is 11.7 Å². The second-order valence-electron chi connectivity index (χ2n) is 5.26. The molecule has 2 aromatic rings. The van der Waals surface area contributed by atoms with E-state index >= 15 is 0 Å². The van der Waals surface area contributed by atoms with Gasteiger partial charge in [-0.15, -0.1) is 0 Å². The van der Waals surface area contributed by atoms with Gasteiger partial charge in [-0.3, -0.25) is 4.68 Å². The highest BCUT2D eigenvalue weighted by molar-refractivity contribution is 6.01. The number of hydrogen-bond donors (Lipinski definition) is 1. The maximum atomic E-state index is 11.1. The van der Waals surface area contributed by atoms with Gasteiger partial charge in [0.05, 0.1) is 5.52 Å². The van der Waals surface area contributed by atoms with Crippen LogP contribution in [0.4, 0.5) is 0 Å². The van der Waals surface area contributed by atoms with Crippen LogP contribution in [-0.2, 0) is 12.5 Å². The Morgan fingerprint density at radius 2 is 2.00 bits per heavy atom. The van der Waals surface area contributed by atoms with Crippen molar-refractivity contribution in [2.24, 2.45) is 7.05 Å². The summed E-state index contributed by atoms with van der Waals surface area (Å²) in [6.07, 6.45) is 0. The first-order valence-electron chi connectivity index (χ1n) is 5.51. The Morgan fingerprint density at radius 1 is 1.35 bits per heavy atom. The van der Waals surface area contributed by atoms with E-state index in [1.807, 2.05) is 18.2 Å². The molecule has 90 valence electrons. The number of carboxylic acid groups (broad SMARTS) is 1. The summed E-state index contributed by atoms with van der Waals surface area (Å²) in [6, 6.07) is 5.87. The number of aromatic nitrogens is 2. The third-order valence-electron chi connectivity index (χ3n) is 2.92. The molecule has 2 rings (SSSR count). The van der Waals surface area contributed by atoms with Crippen molar-refractivity contribution in [1.29, 1.82) is 0 Å². The summed E-state index contributed by atoms with van der Waals surface area (Å²) < 4.78 is 1.60. The van der Waals surface area contributed by atoms with E-state index in [0.29, 0.717) is 5.39 Å². The molecule has 0 amide bonds. The van der Waals surface area contributed by atoms with Gasteiger partial charge in [-0.25, -0.2) is 4.79 Å². The highest BCUT2D eigenvalue weighted by atomic mass is 16.4. The molecule has 0 spiro atoms. The first-order chi connectivity index (χ1) is 7.80. The van der Waals surface area contributed by atoms with E-state index in [1.165, 1.54) is 0 Å². The summed E-state index contributed by atoms with van der Waals surface area (Å²) in [5.41, 5.74) is 2.07. The maximum Gasteiger partial charge on any atom is 0.357 e. The number of aromatic carboxylic acids is 1. The molecular formula is C13H16N2O2. The number of carbonyl (C=O) groups is 1. The van der Waals surface area contributed by atoms with Crippen molar-refractivity contribution in [3.63, 3.8) is 0 Å². The summed E-state index contributed by atoms with van der Waals surface area (Å²) in [5.74, 6) is -0.985.